The minimum Gasteiger partial charge on any atom is -0.465 e. The second kappa shape index (κ2) is 6.29. The standard InChI is InChI=1S/C12H11BrCl3NO/c1-7(2)10(18-11(17)12(14,15)16)8-3-5-9(13)6-4-8/h3-6,10,17H,1H2,2H3. The van der Waals surface area contributed by atoms with Gasteiger partial charge in [-0.1, -0.05) is 69.4 Å². The minimum atomic E-state index is -1.87. The van der Waals surface area contributed by atoms with Gasteiger partial charge >= 0.3 is 0 Å². The lowest BCUT2D eigenvalue weighted by Gasteiger charge is -2.23. The van der Waals surface area contributed by atoms with E-state index < -0.39 is 15.8 Å². The Kier molecular flexibility index (Phi) is 5.53. The van der Waals surface area contributed by atoms with E-state index in [1.807, 2.05) is 24.3 Å². The number of ether oxygens (including phenoxy) is 1. The van der Waals surface area contributed by atoms with Crippen molar-refractivity contribution in [3.63, 3.8) is 0 Å². The quantitative estimate of drug-likeness (QED) is 0.327. The van der Waals surface area contributed by atoms with Crippen LogP contribution in [0.4, 0.5) is 0 Å². The lowest BCUT2D eigenvalue weighted by atomic mass is 10.0. The van der Waals surface area contributed by atoms with Gasteiger partial charge in [-0.05, 0) is 30.2 Å². The van der Waals surface area contributed by atoms with E-state index in [0.717, 1.165) is 15.6 Å². The Bertz CT molecular complexity index is 453. The molecule has 0 bridgehead atoms. The van der Waals surface area contributed by atoms with E-state index in [9.17, 15) is 0 Å². The van der Waals surface area contributed by atoms with E-state index in [1.165, 1.54) is 0 Å². The van der Waals surface area contributed by atoms with Gasteiger partial charge in [0.1, 0.15) is 6.10 Å². The molecule has 6 heteroatoms. The number of rotatable bonds is 3. The largest absolute Gasteiger partial charge is 0.465 e. The van der Waals surface area contributed by atoms with Crippen LogP contribution in [0.15, 0.2) is 40.9 Å². The van der Waals surface area contributed by atoms with E-state index in [0.29, 0.717) is 0 Å². The molecule has 1 N–H and O–H groups in total. The monoisotopic (exact) mass is 369 g/mol. The Morgan fingerprint density at radius 3 is 2.22 bits per heavy atom. The summed E-state index contributed by atoms with van der Waals surface area (Å²) in [6.07, 6.45) is -0.513. The molecule has 0 radical (unpaired) electrons. The summed E-state index contributed by atoms with van der Waals surface area (Å²) < 4.78 is 4.45. The molecule has 2 nitrogen and oxygen atoms in total. The molecule has 0 aliphatic carbocycles. The molecular weight excluding hydrogens is 360 g/mol. The Balaban J connectivity index is 2.94. The minimum absolute atomic E-state index is 0.427. The van der Waals surface area contributed by atoms with Crippen LogP contribution in [-0.4, -0.2) is 9.69 Å². The Hall–Kier alpha value is -0.220. The molecule has 1 unspecified atom stereocenters. The molecule has 0 aliphatic heterocycles. The van der Waals surface area contributed by atoms with Crippen LogP contribution in [-0.2, 0) is 4.74 Å². The molecular formula is C12H11BrCl3NO. The summed E-state index contributed by atoms with van der Waals surface area (Å²) in [4.78, 5) is 0. The van der Waals surface area contributed by atoms with Crippen LogP contribution < -0.4 is 0 Å². The third kappa shape index (κ3) is 4.47. The molecule has 0 amide bonds. The maximum absolute atomic E-state index is 7.59. The second-order valence-electron chi connectivity index (χ2n) is 3.72. The molecule has 1 aromatic carbocycles. The highest BCUT2D eigenvalue weighted by Crippen LogP contribution is 2.33. The van der Waals surface area contributed by atoms with Gasteiger partial charge in [-0.3, -0.25) is 5.41 Å². The highest BCUT2D eigenvalue weighted by molar-refractivity contribution is 9.10. The Morgan fingerprint density at radius 2 is 1.83 bits per heavy atom. The fourth-order valence-electron chi connectivity index (χ4n) is 1.28. The van der Waals surface area contributed by atoms with Gasteiger partial charge in [-0.2, -0.15) is 0 Å². The summed E-state index contributed by atoms with van der Waals surface area (Å²) in [6.45, 7) is 5.62. The zero-order chi connectivity index (χ0) is 13.9. The Labute approximate surface area is 130 Å². The number of halogens is 4. The number of benzene rings is 1. The van der Waals surface area contributed by atoms with Crippen molar-refractivity contribution in [1.82, 2.24) is 0 Å². The lowest BCUT2D eigenvalue weighted by molar-refractivity contribution is 0.222. The number of hydrogen-bond acceptors (Lipinski definition) is 2. The van der Waals surface area contributed by atoms with E-state index in [2.05, 4.69) is 22.5 Å². The van der Waals surface area contributed by atoms with Crippen molar-refractivity contribution < 1.29 is 4.74 Å². The molecule has 0 aliphatic rings. The van der Waals surface area contributed by atoms with Crippen LogP contribution in [0.5, 0.6) is 0 Å². The van der Waals surface area contributed by atoms with Crippen molar-refractivity contribution in [1.29, 1.82) is 5.41 Å². The first-order valence-corrected chi connectivity index (χ1v) is 6.87. The number of hydrogen-bond donors (Lipinski definition) is 1. The van der Waals surface area contributed by atoms with E-state index >= 15 is 0 Å². The average molecular weight is 371 g/mol. The van der Waals surface area contributed by atoms with Crippen molar-refractivity contribution in [3.8, 4) is 0 Å². The zero-order valence-corrected chi connectivity index (χ0v) is 13.4. The second-order valence-corrected chi connectivity index (χ2v) is 6.92. The van der Waals surface area contributed by atoms with Crippen LogP contribution in [0.25, 0.3) is 0 Å². The van der Waals surface area contributed by atoms with Crippen LogP contribution in [0, 0.1) is 5.41 Å². The smallest absolute Gasteiger partial charge is 0.265 e. The lowest BCUT2D eigenvalue weighted by Crippen LogP contribution is -2.23. The molecule has 18 heavy (non-hydrogen) atoms. The van der Waals surface area contributed by atoms with Crippen molar-refractivity contribution in [2.45, 2.75) is 16.8 Å². The van der Waals surface area contributed by atoms with Crippen LogP contribution in [0.2, 0.25) is 0 Å². The highest BCUT2D eigenvalue weighted by atomic mass is 79.9. The summed E-state index contributed by atoms with van der Waals surface area (Å²) in [5.74, 6) is -0.427. The predicted molar refractivity (Wildman–Crippen MR) is 80.8 cm³/mol. The first kappa shape index (κ1) is 15.8. The number of alkyl halides is 3. The van der Waals surface area contributed by atoms with Crippen LogP contribution in [0.1, 0.15) is 18.6 Å². The first-order chi connectivity index (χ1) is 8.21. The fourth-order valence-corrected chi connectivity index (χ4v) is 1.67. The number of nitrogens with one attached hydrogen (secondary N) is 1. The summed E-state index contributed by atoms with van der Waals surface area (Å²) in [5, 5.41) is 7.59. The summed E-state index contributed by atoms with van der Waals surface area (Å²) >= 11 is 20.1. The molecule has 1 rings (SSSR count). The molecule has 0 fully saturated rings. The van der Waals surface area contributed by atoms with Gasteiger partial charge in [-0.15, -0.1) is 0 Å². The summed E-state index contributed by atoms with van der Waals surface area (Å²) in [7, 11) is 0. The van der Waals surface area contributed by atoms with Gasteiger partial charge in [0, 0.05) is 4.47 Å². The molecule has 1 aromatic rings. The van der Waals surface area contributed by atoms with Crippen molar-refractivity contribution in [3.05, 3.63) is 46.5 Å². The highest BCUT2D eigenvalue weighted by Gasteiger charge is 2.31. The van der Waals surface area contributed by atoms with Crippen molar-refractivity contribution in [2.24, 2.45) is 0 Å². The van der Waals surface area contributed by atoms with Crippen molar-refractivity contribution in [2.75, 3.05) is 0 Å². The van der Waals surface area contributed by atoms with E-state index in [4.69, 9.17) is 44.9 Å². The van der Waals surface area contributed by atoms with Crippen LogP contribution in [0.3, 0.4) is 0 Å². The van der Waals surface area contributed by atoms with Gasteiger partial charge < -0.3 is 4.74 Å². The average Bonchev–Trinajstić information content (AvgIpc) is 2.25. The fraction of sp³-hybridized carbons (Fsp3) is 0.250. The maximum atomic E-state index is 7.59. The van der Waals surface area contributed by atoms with E-state index in [-0.39, 0.29) is 0 Å². The molecule has 0 saturated carbocycles. The third-order valence-electron chi connectivity index (χ3n) is 2.11. The summed E-state index contributed by atoms with van der Waals surface area (Å²) in [6, 6.07) is 7.45. The van der Waals surface area contributed by atoms with Crippen LogP contribution >= 0.6 is 50.7 Å². The molecule has 1 atom stereocenters. The van der Waals surface area contributed by atoms with Gasteiger partial charge in [0.05, 0.1) is 0 Å². The third-order valence-corrected chi connectivity index (χ3v) is 3.16. The topological polar surface area (TPSA) is 33.1 Å². The molecule has 98 valence electrons. The normalized spacial score (nSPS) is 12.9. The zero-order valence-electron chi connectivity index (χ0n) is 9.51. The van der Waals surface area contributed by atoms with Gasteiger partial charge in [0.15, 0.2) is 0 Å². The SMILES string of the molecule is C=C(C)C(OC(=N)C(Cl)(Cl)Cl)c1ccc(Br)cc1. The summed E-state index contributed by atoms with van der Waals surface area (Å²) in [5.41, 5.74) is 1.56. The van der Waals surface area contributed by atoms with Crippen molar-refractivity contribution >= 4 is 56.6 Å². The van der Waals surface area contributed by atoms with Gasteiger partial charge in [-0.25, -0.2) is 0 Å². The van der Waals surface area contributed by atoms with Gasteiger partial charge in [0.25, 0.3) is 3.79 Å². The van der Waals surface area contributed by atoms with Gasteiger partial charge in [0.2, 0.25) is 5.90 Å². The predicted octanol–water partition coefficient (Wildman–Crippen LogP) is 5.43. The molecule has 0 spiro atoms. The Morgan fingerprint density at radius 1 is 1.33 bits per heavy atom. The maximum Gasteiger partial charge on any atom is 0.265 e. The molecule has 0 saturated heterocycles. The first-order valence-electron chi connectivity index (χ1n) is 4.95. The molecule has 0 aromatic heterocycles. The molecule has 0 heterocycles. The van der Waals surface area contributed by atoms with E-state index in [1.54, 1.807) is 6.92 Å².